The fourth-order valence-electron chi connectivity index (χ4n) is 4.55. The van der Waals surface area contributed by atoms with Crippen LogP contribution in [0.2, 0.25) is 5.02 Å². The minimum absolute atomic E-state index is 0.196. The molecule has 15 heteroatoms. The highest BCUT2D eigenvalue weighted by Crippen LogP contribution is 2.39. The van der Waals surface area contributed by atoms with Crippen LogP contribution in [0.5, 0.6) is 5.75 Å². The van der Waals surface area contributed by atoms with E-state index in [-0.39, 0.29) is 23.7 Å². The molecule has 0 saturated heterocycles. The molecule has 0 fully saturated rings. The Morgan fingerprint density at radius 3 is 2.33 bits per heavy atom. The predicted molar refractivity (Wildman–Crippen MR) is 170 cm³/mol. The SMILES string of the molecule is CCC(N=C(N)N)NS(=O)(=O)c1cc(F)c(CSc2ncc(C(C)(C)c3ccc(Cl)c(OC)c3)n2-c2ccc(F)cc2)c(F)c1. The topological polar surface area (TPSA) is 138 Å². The number of hydrogen-bond acceptors (Lipinski definition) is 6. The maximum Gasteiger partial charge on any atom is 0.242 e. The number of halogens is 4. The summed E-state index contributed by atoms with van der Waals surface area (Å²) in [5.41, 5.74) is 11.7. The van der Waals surface area contributed by atoms with Gasteiger partial charge in [0.25, 0.3) is 0 Å². The van der Waals surface area contributed by atoms with E-state index in [0.717, 1.165) is 29.5 Å². The van der Waals surface area contributed by atoms with E-state index in [4.69, 9.17) is 27.8 Å². The number of benzene rings is 3. The van der Waals surface area contributed by atoms with Gasteiger partial charge >= 0.3 is 0 Å². The van der Waals surface area contributed by atoms with Gasteiger partial charge in [-0.15, -0.1) is 0 Å². The van der Waals surface area contributed by atoms with Crippen molar-refractivity contribution in [3.05, 3.63) is 100 Å². The summed E-state index contributed by atoms with van der Waals surface area (Å²) in [6.45, 7) is 5.56. The lowest BCUT2D eigenvalue weighted by molar-refractivity contribution is 0.413. The first-order valence-corrected chi connectivity index (χ1v) is 16.4. The number of aliphatic imine (C=N–C) groups is 1. The molecule has 5 N–H and O–H groups in total. The standard InChI is InChI=1S/C30H32ClF3N6O3S2/c1-5-27(38-28(35)36)39-45(41,42)20-13-23(33)21(24(34)14-20)16-44-29-37-15-26(40(29)19-9-7-18(32)8-10-19)30(2,3)17-6-11-22(31)25(12-17)43-4/h6-15,27,39H,5,16H2,1-4H3,(H4,35,36,38). The zero-order valence-corrected chi connectivity index (χ0v) is 27.2. The van der Waals surface area contributed by atoms with Crippen LogP contribution in [0, 0.1) is 17.5 Å². The van der Waals surface area contributed by atoms with Crippen molar-refractivity contribution in [2.75, 3.05) is 7.11 Å². The van der Waals surface area contributed by atoms with Gasteiger partial charge in [-0.1, -0.05) is 50.2 Å². The molecule has 1 aromatic heterocycles. The fraction of sp³-hybridized carbons (Fsp3) is 0.267. The second-order valence-electron chi connectivity index (χ2n) is 10.5. The average Bonchev–Trinajstić information content (AvgIpc) is 3.41. The van der Waals surface area contributed by atoms with Gasteiger partial charge < -0.3 is 16.2 Å². The molecule has 0 saturated carbocycles. The third kappa shape index (κ3) is 7.57. The van der Waals surface area contributed by atoms with Crippen molar-refractivity contribution in [1.29, 1.82) is 0 Å². The summed E-state index contributed by atoms with van der Waals surface area (Å²) < 4.78 is 79.4. The van der Waals surface area contributed by atoms with E-state index >= 15 is 8.78 Å². The Bertz CT molecular complexity index is 1810. The van der Waals surface area contributed by atoms with E-state index < -0.39 is 44.0 Å². The number of guanidine groups is 1. The van der Waals surface area contributed by atoms with Gasteiger partial charge in [0.05, 0.1) is 28.9 Å². The number of imidazole rings is 1. The zero-order chi connectivity index (χ0) is 33.1. The van der Waals surface area contributed by atoms with Crippen LogP contribution < -0.4 is 20.9 Å². The van der Waals surface area contributed by atoms with Crippen molar-refractivity contribution in [3.8, 4) is 11.4 Å². The number of sulfonamides is 1. The maximum atomic E-state index is 15.3. The quantitative estimate of drug-likeness (QED) is 0.0969. The van der Waals surface area contributed by atoms with E-state index in [0.29, 0.717) is 27.3 Å². The van der Waals surface area contributed by atoms with Gasteiger partial charge in [0.15, 0.2) is 11.1 Å². The highest BCUT2D eigenvalue weighted by Gasteiger charge is 2.31. The number of hydrogen-bond donors (Lipinski definition) is 3. The molecule has 0 amide bonds. The van der Waals surface area contributed by atoms with E-state index in [1.54, 1.807) is 35.9 Å². The van der Waals surface area contributed by atoms with E-state index in [1.807, 2.05) is 26.0 Å². The second kappa shape index (κ2) is 13.7. The lowest BCUT2D eigenvalue weighted by Crippen LogP contribution is -2.36. The van der Waals surface area contributed by atoms with Crippen molar-refractivity contribution in [2.24, 2.45) is 16.5 Å². The highest BCUT2D eigenvalue weighted by molar-refractivity contribution is 7.98. The van der Waals surface area contributed by atoms with Crippen LogP contribution in [0.15, 0.2) is 75.8 Å². The van der Waals surface area contributed by atoms with Crippen LogP contribution in [0.1, 0.15) is 44.0 Å². The fourth-order valence-corrected chi connectivity index (χ4v) is 6.99. The van der Waals surface area contributed by atoms with Crippen LogP contribution in [0.4, 0.5) is 13.2 Å². The van der Waals surface area contributed by atoms with Crippen molar-refractivity contribution >= 4 is 39.3 Å². The van der Waals surface area contributed by atoms with Gasteiger partial charge in [-0.25, -0.2) is 31.6 Å². The second-order valence-corrected chi connectivity index (χ2v) is 13.5. The number of thioether (sulfide) groups is 1. The molecule has 0 spiro atoms. The van der Waals surface area contributed by atoms with Gasteiger partial charge in [0.2, 0.25) is 10.0 Å². The van der Waals surface area contributed by atoms with Crippen LogP contribution in [-0.2, 0) is 21.2 Å². The van der Waals surface area contributed by atoms with Crippen molar-refractivity contribution in [2.45, 2.75) is 54.6 Å². The lowest BCUT2D eigenvalue weighted by Gasteiger charge is -2.28. The van der Waals surface area contributed by atoms with Gasteiger partial charge in [-0.2, -0.15) is 4.72 Å². The Labute approximate surface area is 268 Å². The monoisotopic (exact) mass is 680 g/mol. The normalized spacial score (nSPS) is 12.6. The molecular formula is C30H32ClF3N6O3S2. The minimum Gasteiger partial charge on any atom is -0.495 e. The smallest absolute Gasteiger partial charge is 0.242 e. The maximum absolute atomic E-state index is 15.3. The number of nitrogens with zero attached hydrogens (tertiary/aromatic N) is 3. The summed E-state index contributed by atoms with van der Waals surface area (Å²) in [5.74, 6) is -2.65. The Kier molecular flexibility index (Phi) is 10.4. The molecule has 0 aliphatic carbocycles. The Morgan fingerprint density at radius 2 is 1.76 bits per heavy atom. The molecule has 3 aromatic carbocycles. The number of ether oxygens (including phenoxy) is 1. The van der Waals surface area contributed by atoms with Crippen molar-refractivity contribution in [3.63, 3.8) is 0 Å². The molecular weight excluding hydrogens is 649 g/mol. The summed E-state index contributed by atoms with van der Waals surface area (Å²) in [6.07, 6.45) is 0.822. The number of methoxy groups -OCH3 is 1. The molecule has 240 valence electrons. The average molecular weight is 681 g/mol. The molecule has 0 bridgehead atoms. The molecule has 4 aromatic rings. The summed E-state index contributed by atoms with van der Waals surface area (Å²) in [6, 6.07) is 12.6. The van der Waals surface area contributed by atoms with E-state index in [9.17, 15) is 12.8 Å². The first kappa shape index (κ1) is 34.2. The Hall–Kier alpha value is -3.72. The summed E-state index contributed by atoms with van der Waals surface area (Å²) in [7, 11) is -2.84. The number of nitrogens with two attached hydrogens (primary N) is 2. The van der Waals surface area contributed by atoms with Gasteiger partial charge in [0, 0.05) is 22.4 Å². The van der Waals surface area contributed by atoms with Crippen LogP contribution in [0.3, 0.4) is 0 Å². The molecule has 0 aliphatic heterocycles. The van der Waals surface area contributed by atoms with Crippen molar-refractivity contribution < 1.29 is 26.3 Å². The van der Waals surface area contributed by atoms with Crippen LogP contribution in [0.25, 0.3) is 5.69 Å². The summed E-state index contributed by atoms with van der Waals surface area (Å²) in [5, 5.41) is 0.809. The largest absolute Gasteiger partial charge is 0.495 e. The lowest BCUT2D eigenvalue weighted by atomic mass is 9.81. The number of rotatable bonds is 12. The third-order valence-electron chi connectivity index (χ3n) is 7.08. The third-order valence-corrected chi connectivity index (χ3v) is 9.81. The molecule has 4 rings (SSSR count). The molecule has 1 unspecified atom stereocenters. The van der Waals surface area contributed by atoms with Crippen molar-refractivity contribution in [1.82, 2.24) is 14.3 Å². The number of aromatic nitrogens is 2. The number of nitrogens with one attached hydrogen (secondary N) is 1. The van der Waals surface area contributed by atoms with Crippen LogP contribution >= 0.6 is 23.4 Å². The van der Waals surface area contributed by atoms with Crippen LogP contribution in [-0.4, -0.2) is 37.2 Å². The minimum atomic E-state index is -4.36. The Balaban J connectivity index is 1.70. The molecule has 0 aliphatic rings. The van der Waals surface area contributed by atoms with Gasteiger partial charge in [-0.05, 0) is 60.5 Å². The zero-order valence-electron chi connectivity index (χ0n) is 24.8. The van der Waals surface area contributed by atoms with Gasteiger partial charge in [0.1, 0.15) is 29.4 Å². The summed E-state index contributed by atoms with van der Waals surface area (Å²) in [4.78, 5) is 7.70. The molecule has 9 nitrogen and oxygen atoms in total. The highest BCUT2D eigenvalue weighted by atomic mass is 35.5. The molecule has 1 heterocycles. The first-order chi connectivity index (χ1) is 21.2. The Morgan fingerprint density at radius 1 is 1.11 bits per heavy atom. The van der Waals surface area contributed by atoms with E-state index in [1.165, 1.54) is 19.2 Å². The summed E-state index contributed by atoms with van der Waals surface area (Å²) >= 11 is 7.28. The molecule has 45 heavy (non-hydrogen) atoms. The van der Waals surface area contributed by atoms with Gasteiger partial charge in [-0.3, -0.25) is 4.57 Å². The van der Waals surface area contributed by atoms with E-state index in [2.05, 4.69) is 14.7 Å². The predicted octanol–water partition coefficient (Wildman–Crippen LogP) is 5.86. The molecule has 1 atom stereocenters. The first-order valence-electron chi connectivity index (χ1n) is 13.6. The molecule has 0 radical (unpaired) electrons.